The van der Waals surface area contributed by atoms with Gasteiger partial charge in [-0.2, -0.15) is 0 Å². The Hall–Kier alpha value is -1.59. The van der Waals surface area contributed by atoms with E-state index in [1.165, 1.54) is 25.5 Å². The molecule has 6 heteroatoms. The van der Waals surface area contributed by atoms with Crippen LogP contribution < -0.4 is 0 Å². The van der Waals surface area contributed by atoms with Gasteiger partial charge in [0, 0.05) is 0 Å². The zero-order valence-electron chi connectivity index (χ0n) is 8.60. The van der Waals surface area contributed by atoms with Crippen LogP contribution in [0.2, 0.25) is 0 Å². The molecule has 15 heavy (non-hydrogen) atoms. The van der Waals surface area contributed by atoms with E-state index in [9.17, 15) is 9.59 Å². The van der Waals surface area contributed by atoms with Crippen molar-refractivity contribution >= 4 is 18.4 Å². The Labute approximate surface area is 86.9 Å². The second-order valence-corrected chi connectivity index (χ2v) is 3.63. The lowest BCUT2D eigenvalue weighted by molar-refractivity contribution is -0.143. The molecule has 1 fully saturated rings. The van der Waals surface area contributed by atoms with Gasteiger partial charge in [-0.25, -0.2) is 9.59 Å². The number of aliphatic imine (C=N–C) groups is 1. The first-order valence-corrected chi connectivity index (χ1v) is 4.64. The van der Waals surface area contributed by atoms with Gasteiger partial charge in [-0.1, -0.05) is 0 Å². The number of nitrogens with zero attached hydrogens (tertiary/aromatic N) is 2. The smallest absolute Gasteiger partial charge is 0.415 e. The molecular formula is C9H12N2O4. The maximum Gasteiger partial charge on any atom is 0.415 e. The van der Waals surface area contributed by atoms with Crippen molar-refractivity contribution in [3.63, 3.8) is 0 Å². The number of carbonyl (C=O) groups is 2. The first kappa shape index (κ1) is 9.95. The highest BCUT2D eigenvalue weighted by Crippen LogP contribution is 2.48. The minimum Gasteiger partial charge on any atom is -0.467 e. The van der Waals surface area contributed by atoms with Crippen LogP contribution in [-0.2, 0) is 14.3 Å². The van der Waals surface area contributed by atoms with Crippen molar-refractivity contribution in [3.8, 4) is 0 Å². The van der Waals surface area contributed by atoms with E-state index in [-0.39, 0.29) is 0 Å². The molecule has 1 atom stereocenters. The molecule has 2 rings (SSSR count). The van der Waals surface area contributed by atoms with Crippen molar-refractivity contribution in [2.75, 3.05) is 14.2 Å². The van der Waals surface area contributed by atoms with Crippen molar-refractivity contribution in [2.45, 2.75) is 24.4 Å². The fourth-order valence-electron chi connectivity index (χ4n) is 1.88. The second kappa shape index (κ2) is 3.22. The monoisotopic (exact) mass is 212 g/mol. The summed E-state index contributed by atoms with van der Waals surface area (Å²) >= 11 is 0. The van der Waals surface area contributed by atoms with Gasteiger partial charge < -0.3 is 9.47 Å². The van der Waals surface area contributed by atoms with Crippen molar-refractivity contribution in [1.82, 2.24) is 4.90 Å². The van der Waals surface area contributed by atoms with Gasteiger partial charge in [-0.3, -0.25) is 9.89 Å². The molecule has 1 aliphatic carbocycles. The van der Waals surface area contributed by atoms with Crippen LogP contribution in [0.1, 0.15) is 12.8 Å². The average molecular weight is 212 g/mol. The third-order valence-corrected chi connectivity index (χ3v) is 2.88. The number of rotatable bonds is 1. The van der Waals surface area contributed by atoms with Crippen molar-refractivity contribution < 1.29 is 19.1 Å². The predicted molar refractivity (Wildman–Crippen MR) is 50.5 cm³/mol. The van der Waals surface area contributed by atoms with Crippen LogP contribution in [0.5, 0.6) is 0 Å². The summed E-state index contributed by atoms with van der Waals surface area (Å²) in [5.74, 6) is -0.407. The van der Waals surface area contributed by atoms with E-state index in [4.69, 9.17) is 0 Å². The molecule has 1 aliphatic heterocycles. The first-order valence-electron chi connectivity index (χ1n) is 4.64. The van der Waals surface area contributed by atoms with Crippen molar-refractivity contribution in [1.29, 1.82) is 0 Å². The van der Waals surface area contributed by atoms with Crippen LogP contribution in [0.15, 0.2) is 4.99 Å². The van der Waals surface area contributed by atoms with Crippen LogP contribution in [0, 0.1) is 0 Å². The number of carbonyl (C=O) groups excluding carboxylic acids is 2. The summed E-state index contributed by atoms with van der Waals surface area (Å²) in [5, 5.41) is 0. The SMILES string of the molecule is COC(=O)C1N=CN(C(=O)OC)C12CC2. The fourth-order valence-corrected chi connectivity index (χ4v) is 1.88. The maximum atomic E-state index is 11.4. The molecular weight excluding hydrogens is 200 g/mol. The lowest BCUT2D eigenvalue weighted by Crippen LogP contribution is -2.45. The minimum absolute atomic E-state index is 0.407. The zero-order chi connectivity index (χ0) is 11.1. The zero-order valence-corrected chi connectivity index (χ0v) is 8.60. The van der Waals surface area contributed by atoms with Crippen molar-refractivity contribution in [3.05, 3.63) is 0 Å². The summed E-state index contributed by atoms with van der Waals surface area (Å²) in [6.45, 7) is 0. The van der Waals surface area contributed by atoms with Gasteiger partial charge >= 0.3 is 12.1 Å². The first-order chi connectivity index (χ1) is 7.15. The van der Waals surface area contributed by atoms with Crippen LogP contribution in [0.3, 0.4) is 0 Å². The Morgan fingerprint density at radius 3 is 2.53 bits per heavy atom. The van der Waals surface area contributed by atoms with E-state index >= 15 is 0 Å². The predicted octanol–water partition coefficient (Wildman–Crippen LogP) is 0.171. The number of methoxy groups -OCH3 is 2. The third-order valence-electron chi connectivity index (χ3n) is 2.88. The van der Waals surface area contributed by atoms with Gasteiger partial charge in [0.1, 0.15) is 0 Å². The molecule has 0 N–H and O–H groups in total. The molecule has 1 amide bonds. The fraction of sp³-hybridized carbons (Fsp3) is 0.667. The van der Waals surface area contributed by atoms with E-state index in [0.29, 0.717) is 0 Å². The maximum absolute atomic E-state index is 11.4. The molecule has 0 aromatic rings. The van der Waals surface area contributed by atoms with Gasteiger partial charge in [-0.05, 0) is 12.8 Å². The minimum atomic E-state index is -0.596. The molecule has 0 aromatic carbocycles. The van der Waals surface area contributed by atoms with E-state index < -0.39 is 23.6 Å². The van der Waals surface area contributed by atoms with Crippen LogP contribution >= 0.6 is 0 Å². The standard InChI is InChI=1S/C9H12N2O4/c1-14-7(12)6-9(3-4-9)11(5-10-6)8(13)15-2/h5-6H,3-4H2,1-2H3. The number of amides is 1. The number of hydrogen-bond donors (Lipinski definition) is 0. The van der Waals surface area contributed by atoms with Gasteiger partial charge in [0.05, 0.1) is 26.1 Å². The number of ether oxygens (including phenoxy) is 2. The lowest BCUT2D eigenvalue weighted by Gasteiger charge is -2.23. The highest BCUT2D eigenvalue weighted by molar-refractivity contribution is 5.92. The third kappa shape index (κ3) is 1.28. The summed E-state index contributed by atoms with van der Waals surface area (Å²) < 4.78 is 9.26. The van der Waals surface area contributed by atoms with Crippen LogP contribution in [-0.4, -0.2) is 49.1 Å². The van der Waals surface area contributed by atoms with Crippen LogP contribution in [0.25, 0.3) is 0 Å². The molecule has 0 radical (unpaired) electrons. The summed E-state index contributed by atoms with van der Waals surface area (Å²) in [6, 6.07) is -0.596. The summed E-state index contributed by atoms with van der Waals surface area (Å²) in [6.07, 6.45) is 2.38. The Balaban J connectivity index is 2.19. The molecule has 0 bridgehead atoms. The second-order valence-electron chi connectivity index (χ2n) is 3.63. The molecule has 0 saturated heterocycles. The Kier molecular flexibility index (Phi) is 2.13. The molecule has 6 nitrogen and oxygen atoms in total. The number of esters is 1. The summed E-state index contributed by atoms with van der Waals surface area (Å²) in [7, 11) is 2.62. The highest BCUT2D eigenvalue weighted by Gasteiger charge is 2.62. The van der Waals surface area contributed by atoms with Gasteiger partial charge in [0.25, 0.3) is 0 Å². The molecule has 1 unspecified atom stereocenters. The largest absolute Gasteiger partial charge is 0.467 e. The van der Waals surface area contributed by atoms with E-state index in [0.717, 1.165) is 12.8 Å². The summed E-state index contributed by atoms with van der Waals surface area (Å²) in [5.41, 5.74) is -0.514. The Morgan fingerprint density at radius 1 is 1.40 bits per heavy atom. The Morgan fingerprint density at radius 2 is 2.07 bits per heavy atom. The quantitative estimate of drug-likeness (QED) is 0.581. The van der Waals surface area contributed by atoms with Gasteiger partial charge in [0.2, 0.25) is 0 Å². The van der Waals surface area contributed by atoms with E-state index in [2.05, 4.69) is 14.5 Å². The van der Waals surface area contributed by atoms with E-state index in [1.807, 2.05) is 0 Å². The average Bonchev–Trinajstić information content (AvgIpc) is 2.92. The van der Waals surface area contributed by atoms with Gasteiger partial charge in [-0.15, -0.1) is 0 Å². The Bertz CT molecular complexity index is 307. The van der Waals surface area contributed by atoms with Crippen LogP contribution in [0.4, 0.5) is 4.79 Å². The topological polar surface area (TPSA) is 68.2 Å². The summed E-state index contributed by atoms with van der Waals surface area (Å²) in [4.78, 5) is 28.2. The lowest BCUT2D eigenvalue weighted by atomic mass is 10.1. The molecule has 82 valence electrons. The van der Waals surface area contributed by atoms with Crippen molar-refractivity contribution in [2.24, 2.45) is 4.99 Å². The molecule has 2 aliphatic rings. The molecule has 1 heterocycles. The molecule has 1 saturated carbocycles. The van der Waals surface area contributed by atoms with E-state index in [1.54, 1.807) is 0 Å². The normalized spacial score (nSPS) is 25.5. The highest BCUT2D eigenvalue weighted by atomic mass is 16.5. The molecule has 0 aromatic heterocycles. The molecule has 1 spiro atoms. The van der Waals surface area contributed by atoms with Gasteiger partial charge in [0.15, 0.2) is 6.04 Å². The number of hydrogen-bond acceptors (Lipinski definition) is 5.